The van der Waals surface area contributed by atoms with Gasteiger partial charge in [-0.3, -0.25) is 9.78 Å². The second-order valence-corrected chi connectivity index (χ2v) is 8.42. The van der Waals surface area contributed by atoms with Crippen LogP contribution in [0.4, 0.5) is 0 Å². The van der Waals surface area contributed by atoms with Crippen molar-refractivity contribution >= 4 is 21.8 Å². The van der Waals surface area contributed by atoms with Crippen LogP contribution in [-0.4, -0.2) is 10.9 Å². The highest BCUT2D eigenvalue weighted by molar-refractivity contribution is 9.10. The van der Waals surface area contributed by atoms with Gasteiger partial charge in [0, 0.05) is 22.4 Å². The quantitative estimate of drug-likeness (QED) is 0.528. The van der Waals surface area contributed by atoms with Crippen molar-refractivity contribution in [1.82, 2.24) is 10.3 Å². The van der Waals surface area contributed by atoms with Gasteiger partial charge in [0.2, 0.25) is 5.91 Å². The molecule has 2 aromatic carbocycles. The van der Waals surface area contributed by atoms with E-state index in [1.165, 1.54) is 0 Å². The molecule has 0 saturated heterocycles. The number of carbonyl (C=O) groups is 1. The maximum absolute atomic E-state index is 13.0. The molecule has 5 heteroatoms. The molecule has 3 aromatic rings. The molecule has 1 aliphatic carbocycles. The number of ether oxygens (including phenoxy) is 1. The summed E-state index contributed by atoms with van der Waals surface area (Å²) in [4.78, 5) is 17.1. The number of rotatable bonds is 7. The van der Waals surface area contributed by atoms with Crippen LogP contribution < -0.4 is 10.1 Å². The molecule has 1 fully saturated rings. The van der Waals surface area contributed by atoms with Crippen LogP contribution in [0, 0.1) is 0 Å². The lowest BCUT2D eigenvalue weighted by atomic mass is 9.94. The van der Waals surface area contributed by atoms with E-state index in [0.717, 1.165) is 39.8 Å². The summed E-state index contributed by atoms with van der Waals surface area (Å²) in [6, 6.07) is 19.8. The minimum atomic E-state index is -0.384. The number of hydrogen-bond donors (Lipinski definition) is 1. The fraction of sp³-hybridized carbons (Fsp3) is 0.250. The van der Waals surface area contributed by atoms with Crippen LogP contribution in [0.1, 0.15) is 42.5 Å². The summed E-state index contributed by atoms with van der Waals surface area (Å²) in [6.45, 7) is 2.50. The Morgan fingerprint density at radius 3 is 2.62 bits per heavy atom. The number of nitrogens with zero attached hydrogens (tertiary/aromatic N) is 1. The first-order chi connectivity index (χ1) is 14.1. The zero-order valence-corrected chi connectivity index (χ0v) is 17.9. The van der Waals surface area contributed by atoms with Crippen molar-refractivity contribution in [3.63, 3.8) is 0 Å². The topological polar surface area (TPSA) is 51.2 Å². The van der Waals surface area contributed by atoms with Gasteiger partial charge in [-0.1, -0.05) is 46.3 Å². The molecule has 0 bridgehead atoms. The summed E-state index contributed by atoms with van der Waals surface area (Å²) in [5.41, 5.74) is 2.78. The van der Waals surface area contributed by atoms with E-state index in [-0.39, 0.29) is 17.4 Å². The van der Waals surface area contributed by atoms with Gasteiger partial charge in [-0.05, 0) is 61.2 Å². The van der Waals surface area contributed by atoms with Crippen molar-refractivity contribution in [2.75, 3.05) is 0 Å². The second-order valence-electron chi connectivity index (χ2n) is 7.51. The largest absolute Gasteiger partial charge is 0.489 e. The third kappa shape index (κ3) is 4.51. The van der Waals surface area contributed by atoms with Crippen molar-refractivity contribution in [2.24, 2.45) is 0 Å². The first-order valence-electron chi connectivity index (χ1n) is 9.75. The van der Waals surface area contributed by atoms with E-state index in [2.05, 4.69) is 26.2 Å². The van der Waals surface area contributed by atoms with Gasteiger partial charge in [-0.2, -0.15) is 0 Å². The van der Waals surface area contributed by atoms with E-state index in [9.17, 15) is 4.79 Å². The number of aromatic nitrogens is 1. The van der Waals surface area contributed by atoms with E-state index in [4.69, 9.17) is 4.74 Å². The van der Waals surface area contributed by atoms with Crippen molar-refractivity contribution in [1.29, 1.82) is 0 Å². The zero-order chi connectivity index (χ0) is 20.3. The van der Waals surface area contributed by atoms with Crippen LogP contribution in [0.15, 0.2) is 77.5 Å². The van der Waals surface area contributed by atoms with E-state index < -0.39 is 0 Å². The molecule has 0 aliphatic heterocycles. The number of nitrogens with one attached hydrogen (secondary N) is 1. The first kappa shape index (κ1) is 19.6. The average Bonchev–Trinajstić information content (AvgIpc) is 3.56. The van der Waals surface area contributed by atoms with Gasteiger partial charge in [0.1, 0.15) is 12.4 Å². The average molecular weight is 451 g/mol. The molecule has 1 aromatic heterocycles. The van der Waals surface area contributed by atoms with Crippen LogP contribution in [0.25, 0.3) is 0 Å². The zero-order valence-electron chi connectivity index (χ0n) is 16.3. The fourth-order valence-electron chi connectivity index (χ4n) is 3.48. The fourth-order valence-corrected chi connectivity index (χ4v) is 3.88. The summed E-state index contributed by atoms with van der Waals surface area (Å²) in [6.07, 6.45) is 5.33. The summed E-state index contributed by atoms with van der Waals surface area (Å²) < 4.78 is 6.81. The molecule has 1 amide bonds. The summed E-state index contributed by atoms with van der Waals surface area (Å²) in [7, 11) is 0. The van der Waals surface area contributed by atoms with Gasteiger partial charge in [0.15, 0.2) is 0 Å². The third-order valence-corrected chi connectivity index (χ3v) is 5.91. The first-order valence-corrected chi connectivity index (χ1v) is 10.5. The molecule has 1 saturated carbocycles. The highest BCUT2D eigenvalue weighted by Crippen LogP contribution is 2.49. The molecule has 1 unspecified atom stereocenters. The van der Waals surface area contributed by atoms with Crippen LogP contribution in [0.5, 0.6) is 5.75 Å². The molecule has 0 spiro atoms. The lowest BCUT2D eigenvalue weighted by Gasteiger charge is -2.21. The lowest BCUT2D eigenvalue weighted by Crippen LogP contribution is -2.36. The van der Waals surface area contributed by atoms with Crippen LogP contribution >= 0.6 is 15.9 Å². The molecule has 29 heavy (non-hydrogen) atoms. The lowest BCUT2D eigenvalue weighted by molar-refractivity contribution is -0.124. The standard InChI is InChI=1S/C24H23BrN2O2/c1-17(27-23(28)24(11-12-24)20-5-2-6-21(25)14-20)19-7-9-22(10-8-19)29-16-18-4-3-13-26-15-18/h2-10,13-15,17H,11-12,16H2,1H3,(H,27,28). The molecule has 1 atom stereocenters. The molecule has 1 aliphatic rings. The molecule has 0 radical (unpaired) electrons. The highest BCUT2D eigenvalue weighted by Gasteiger charge is 2.51. The molecule has 1 N–H and O–H groups in total. The van der Waals surface area contributed by atoms with E-state index in [1.54, 1.807) is 12.4 Å². The minimum absolute atomic E-state index is 0.0699. The Hall–Kier alpha value is -2.66. The van der Waals surface area contributed by atoms with Crippen molar-refractivity contribution in [3.8, 4) is 5.75 Å². The number of pyridine rings is 1. The predicted molar refractivity (Wildman–Crippen MR) is 117 cm³/mol. The normalized spacial score (nSPS) is 15.4. The molecule has 1 heterocycles. The van der Waals surface area contributed by atoms with Gasteiger partial charge >= 0.3 is 0 Å². The number of hydrogen-bond acceptors (Lipinski definition) is 3. The van der Waals surface area contributed by atoms with Gasteiger partial charge in [0.05, 0.1) is 11.5 Å². The SMILES string of the molecule is CC(NC(=O)C1(c2cccc(Br)c2)CC1)c1ccc(OCc2cccnc2)cc1. The summed E-state index contributed by atoms with van der Waals surface area (Å²) in [5.74, 6) is 0.893. The molecule has 148 valence electrons. The smallest absolute Gasteiger partial charge is 0.231 e. The van der Waals surface area contributed by atoms with E-state index >= 15 is 0 Å². The number of carbonyl (C=O) groups excluding carboxylic acids is 1. The number of amides is 1. The Labute approximate surface area is 179 Å². The highest BCUT2D eigenvalue weighted by atomic mass is 79.9. The predicted octanol–water partition coefficient (Wildman–Crippen LogP) is 5.33. The van der Waals surface area contributed by atoms with Gasteiger partial charge in [0.25, 0.3) is 0 Å². The molecular weight excluding hydrogens is 428 g/mol. The Bertz CT molecular complexity index is 985. The van der Waals surface area contributed by atoms with Gasteiger partial charge in [-0.15, -0.1) is 0 Å². The van der Waals surface area contributed by atoms with E-state index in [1.807, 2.05) is 67.6 Å². The Morgan fingerprint density at radius 1 is 1.17 bits per heavy atom. The Morgan fingerprint density at radius 2 is 1.97 bits per heavy atom. The maximum Gasteiger partial charge on any atom is 0.231 e. The van der Waals surface area contributed by atoms with Crippen LogP contribution in [-0.2, 0) is 16.8 Å². The number of halogens is 1. The van der Waals surface area contributed by atoms with Crippen molar-refractivity contribution in [3.05, 3.63) is 94.2 Å². The molecule has 4 nitrogen and oxygen atoms in total. The monoisotopic (exact) mass is 450 g/mol. The van der Waals surface area contributed by atoms with E-state index in [0.29, 0.717) is 6.61 Å². The minimum Gasteiger partial charge on any atom is -0.489 e. The number of benzene rings is 2. The molecule has 4 rings (SSSR count). The van der Waals surface area contributed by atoms with Crippen molar-refractivity contribution in [2.45, 2.75) is 37.8 Å². The third-order valence-electron chi connectivity index (χ3n) is 5.42. The van der Waals surface area contributed by atoms with Gasteiger partial charge in [-0.25, -0.2) is 0 Å². The maximum atomic E-state index is 13.0. The van der Waals surface area contributed by atoms with Crippen molar-refractivity contribution < 1.29 is 9.53 Å². The van der Waals surface area contributed by atoms with Crippen LogP contribution in [0.2, 0.25) is 0 Å². The summed E-state index contributed by atoms with van der Waals surface area (Å²) in [5, 5.41) is 3.19. The Balaban J connectivity index is 1.37. The summed E-state index contributed by atoms with van der Waals surface area (Å²) >= 11 is 3.51. The van der Waals surface area contributed by atoms with Gasteiger partial charge < -0.3 is 10.1 Å². The van der Waals surface area contributed by atoms with Crippen LogP contribution in [0.3, 0.4) is 0 Å². The molecular formula is C24H23BrN2O2. The Kier molecular flexibility index (Phi) is 5.67. The second kappa shape index (κ2) is 8.37.